The van der Waals surface area contributed by atoms with Gasteiger partial charge in [-0.1, -0.05) is 103 Å². The summed E-state index contributed by atoms with van der Waals surface area (Å²) in [6.07, 6.45) is 22.8. The third-order valence-electron chi connectivity index (χ3n) is 4.48. The summed E-state index contributed by atoms with van der Waals surface area (Å²) in [4.78, 5) is 5.69. The zero-order chi connectivity index (χ0) is 17.2. The van der Waals surface area contributed by atoms with Gasteiger partial charge in [0.05, 0.1) is 21.1 Å². The van der Waals surface area contributed by atoms with E-state index in [1.807, 2.05) is 0 Å². The van der Waals surface area contributed by atoms with Gasteiger partial charge in [0, 0.05) is 0 Å². The Balaban J connectivity index is 0. The van der Waals surface area contributed by atoms with Gasteiger partial charge >= 0.3 is 0 Å². The lowest BCUT2D eigenvalue weighted by molar-refractivity contribution is -1.06. The van der Waals surface area contributed by atoms with E-state index in [1.54, 1.807) is 0 Å². The van der Waals surface area contributed by atoms with Crippen LogP contribution in [0.15, 0.2) is 0 Å². The fourth-order valence-corrected chi connectivity index (χ4v) is 2.99. The van der Waals surface area contributed by atoms with Crippen LogP contribution in [0.1, 0.15) is 110 Å². The summed E-state index contributed by atoms with van der Waals surface area (Å²) >= 11 is 0. The van der Waals surface area contributed by atoms with Crippen LogP contribution in [0.3, 0.4) is 0 Å². The SMILES string of the molecule is CCCCCCCCCCCCCCCCCCO[N+](C)(C)C.[Br-]. The van der Waals surface area contributed by atoms with Crippen LogP contribution < -0.4 is 17.0 Å². The molecule has 3 heteroatoms. The monoisotopic (exact) mass is 407 g/mol. The van der Waals surface area contributed by atoms with E-state index in [1.165, 1.54) is 103 Å². The van der Waals surface area contributed by atoms with Crippen molar-refractivity contribution in [3.05, 3.63) is 0 Å². The summed E-state index contributed by atoms with van der Waals surface area (Å²) in [6.45, 7) is 3.20. The summed E-state index contributed by atoms with van der Waals surface area (Å²) in [7, 11) is 6.23. The Labute approximate surface area is 164 Å². The molecule has 148 valence electrons. The molecule has 0 spiro atoms. The molecule has 0 fully saturated rings. The lowest BCUT2D eigenvalue weighted by atomic mass is 10.0. The third-order valence-corrected chi connectivity index (χ3v) is 4.48. The molecular formula is C21H46BrNO. The number of quaternary nitrogens is 1. The molecule has 0 radical (unpaired) electrons. The molecule has 0 amide bonds. The highest BCUT2D eigenvalue weighted by molar-refractivity contribution is 4.49. The molecule has 0 aromatic heterocycles. The van der Waals surface area contributed by atoms with Gasteiger partial charge in [0.15, 0.2) is 0 Å². The maximum absolute atomic E-state index is 5.69. The minimum atomic E-state index is 0. The van der Waals surface area contributed by atoms with E-state index >= 15 is 0 Å². The highest BCUT2D eigenvalue weighted by Gasteiger charge is 2.06. The van der Waals surface area contributed by atoms with Crippen LogP contribution >= 0.6 is 0 Å². The van der Waals surface area contributed by atoms with Crippen molar-refractivity contribution in [3.63, 3.8) is 0 Å². The predicted molar refractivity (Wildman–Crippen MR) is 104 cm³/mol. The Morgan fingerprint density at radius 1 is 0.500 bits per heavy atom. The van der Waals surface area contributed by atoms with Crippen LogP contribution in [-0.4, -0.2) is 32.4 Å². The van der Waals surface area contributed by atoms with Crippen molar-refractivity contribution in [1.82, 2.24) is 0 Å². The lowest BCUT2D eigenvalue weighted by Crippen LogP contribution is -3.00. The first-order valence-corrected chi connectivity index (χ1v) is 10.5. The molecule has 0 aliphatic heterocycles. The van der Waals surface area contributed by atoms with E-state index < -0.39 is 0 Å². The number of nitrogens with zero attached hydrogens (tertiary/aromatic N) is 1. The maximum atomic E-state index is 5.69. The lowest BCUT2D eigenvalue weighted by Gasteiger charge is -2.20. The van der Waals surface area contributed by atoms with Crippen LogP contribution in [0.25, 0.3) is 0 Å². The molecule has 2 nitrogen and oxygen atoms in total. The summed E-state index contributed by atoms with van der Waals surface area (Å²) in [5.41, 5.74) is 0. The van der Waals surface area contributed by atoms with Gasteiger partial charge in [0.25, 0.3) is 0 Å². The van der Waals surface area contributed by atoms with Crippen molar-refractivity contribution in [2.24, 2.45) is 0 Å². The van der Waals surface area contributed by atoms with Crippen molar-refractivity contribution in [3.8, 4) is 0 Å². The fraction of sp³-hybridized carbons (Fsp3) is 1.00. The van der Waals surface area contributed by atoms with Crippen molar-refractivity contribution >= 4 is 0 Å². The van der Waals surface area contributed by atoms with Gasteiger partial charge < -0.3 is 17.0 Å². The van der Waals surface area contributed by atoms with Gasteiger partial charge in [0.1, 0.15) is 6.61 Å². The Morgan fingerprint density at radius 2 is 0.792 bits per heavy atom. The first-order chi connectivity index (χ1) is 11.1. The number of halogens is 1. The fourth-order valence-electron chi connectivity index (χ4n) is 2.99. The van der Waals surface area contributed by atoms with Crippen molar-refractivity contribution in [2.45, 2.75) is 110 Å². The topological polar surface area (TPSA) is 9.23 Å². The molecule has 0 aromatic carbocycles. The molecule has 0 aromatic rings. The van der Waals surface area contributed by atoms with E-state index in [-0.39, 0.29) is 17.0 Å². The van der Waals surface area contributed by atoms with Crippen LogP contribution in [0.4, 0.5) is 0 Å². The van der Waals surface area contributed by atoms with E-state index in [2.05, 4.69) is 28.1 Å². The second kappa shape index (κ2) is 19.7. The Hall–Kier alpha value is 0.400. The number of hydrogen-bond acceptors (Lipinski definition) is 1. The summed E-state index contributed by atoms with van der Waals surface area (Å²) in [5.74, 6) is 0. The molecule has 24 heavy (non-hydrogen) atoms. The van der Waals surface area contributed by atoms with E-state index in [0.29, 0.717) is 4.65 Å². The molecule has 0 aliphatic carbocycles. The molecule has 0 bridgehead atoms. The maximum Gasteiger partial charge on any atom is 0.106 e. The molecule has 0 rings (SSSR count). The van der Waals surface area contributed by atoms with Gasteiger partial charge in [-0.2, -0.15) is 4.65 Å². The zero-order valence-electron chi connectivity index (χ0n) is 17.3. The Morgan fingerprint density at radius 3 is 1.08 bits per heavy atom. The second-order valence-electron chi connectivity index (χ2n) is 8.03. The van der Waals surface area contributed by atoms with Gasteiger partial charge in [0.2, 0.25) is 0 Å². The third kappa shape index (κ3) is 24.6. The number of hydrogen-bond donors (Lipinski definition) is 0. The molecule has 0 saturated carbocycles. The molecule has 0 unspecified atom stereocenters. The standard InChI is InChI=1S/C21H46NO.BrH/c1-5-6-7-8-9-10-11-12-13-14-15-16-17-18-19-20-21-23-22(2,3)4;/h5-21H2,1-4H3;1H/q+1;/p-1. The average molecular weight is 409 g/mol. The summed E-state index contributed by atoms with van der Waals surface area (Å²) in [5, 5.41) is 0. The minimum absolute atomic E-state index is 0. The number of rotatable bonds is 18. The van der Waals surface area contributed by atoms with Crippen LogP contribution in [0, 0.1) is 0 Å². The smallest absolute Gasteiger partial charge is 0.106 e. The van der Waals surface area contributed by atoms with Gasteiger partial charge in [-0.05, 0) is 6.42 Å². The van der Waals surface area contributed by atoms with Crippen molar-refractivity contribution in [1.29, 1.82) is 0 Å². The highest BCUT2D eigenvalue weighted by Crippen LogP contribution is 2.13. The largest absolute Gasteiger partial charge is 1.00 e. The Kier molecular flexibility index (Phi) is 21.9. The van der Waals surface area contributed by atoms with Gasteiger partial charge in [-0.3, -0.25) is 0 Å². The number of unbranched alkanes of at least 4 members (excludes halogenated alkanes) is 15. The quantitative estimate of drug-likeness (QED) is 0.190. The van der Waals surface area contributed by atoms with Gasteiger partial charge in [-0.15, -0.1) is 0 Å². The highest BCUT2D eigenvalue weighted by atomic mass is 79.9. The van der Waals surface area contributed by atoms with Crippen LogP contribution in [-0.2, 0) is 4.84 Å². The second-order valence-corrected chi connectivity index (χ2v) is 8.03. The van der Waals surface area contributed by atoms with E-state index in [4.69, 9.17) is 4.84 Å². The summed E-state index contributed by atoms with van der Waals surface area (Å²) < 4.78 is 0.624. The molecule has 0 N–H and O–H groups in total. The van der Waals surface area contributed by atoms with E-state index in [9.17, 15) is 0 Å². The summed E-state index contributed by atoms with van der Waals surface area (Å²) in [6, 6.07) is 0. The van der Waals surface area contributed by atoms with Crippen molar-refractivity contribution in [2.75, 3.05) is 27.7 Å². The van der Waals surface area contributed by atoms with Crippen LogP contribution in [0.2, 0.25) is 0 Å². The van der Waals surface area contributed by atoms with Gasteiger partial charge in [-0.25, -0.2) is 4.84 Å². The predicted octanol–water partition coefficient (Wildman–Crippen LogP) is 3.89. The van der Waals surface area contributed by atoms with Crippen LogP contribution in [0.5, 0.6) is 0 Å². The van der Waals surface area contributed by atoms with Crippen molar-refractivity contribution < 1.29 is 26.5 Å². The molecule has 0 heterocycles. The first kappa shape index (κ1) is 26.6. The number of hydroxylamine groups is 3. The van der Waals surface area contributed by atoms with E-state index in [0.717, 1.165) is 6.61 Å². The minimum Gasteiger partial charge on any atom is -1.00 e. The molecule has 0 saturated heterocycles. The first-order valence-electron chi connectivity index (χ1n) is 10.5. The molecule has 0 aliphatic rings. The average Bonchev–Trinajstić information content (AvgIpc) is 2.49. The molecule has 0 atom stereocenters. The molecular weight excluding hydrogens is 362 g/mol. The zero-order valence-corrected chi connectivity index (χ0v) is 18.8. The Bertz CT molecular complexity index is 228. The normalized spacial score (nSPS) is 11.5.